The quantitative estimate of drug-likeness (QED) is 0.0248. The van der Waals surface area contributed by atoms with Gasteiger partial charge in [-0.05, 0) is 64.2 Å². The van der Waals surface area contributed by atoms with Crippen LogP contribution >= 0.6 is 0 Å². The molecule has 0 bridgehead atoms. The number of hydrogen-bond donors (Lipinski definition) is 3. The topological polar surface area (TPSA) is 95.9 Å². The fourth-order valence-corrected chi connectivity index (χ4v) is 6.97. The standard InChI is InChI=1S/C49H91NO5/c1-3-5-7-9-11-13-15-19-23-27-31-35-39-43-49(54)55-44-40-36-32-28-24-21-18-16-17-20-22-26-30-34-38-42-48(53)50-46(45-51)47(52)41-37-33-29-25-14-12-10-8-6-4-2/h16,18,21,24,37,41,46-47,51-52H,3-15,17,19-20,22-23,25-36,38-40,42-45H2,1-2H3,(H,50,53)/b18-16-,24-21-,41-37+. The summed E-state index contributed by atoms with van der Waals surface area (Å²) in [4.78, 5) is 24.3. The summed E-state index contributed by atoms with van der Waals surface area (Å²) >= 11 is 0. The van der Waals surface area contributed by atoms with Gasteiger partial charge in [0.15, 0.2) is 0 Å². The van der Waals surface area contributed by atoms with Crippen LogP contribution in [0.3, 0.4) is 0 Å². The molecule has 3 N–H and O–H groups in total. The van der Waals surface area contributed by atoms with Gasteiger partial charge in [0.2, 0.25) is 5.91 Å². The lowest BCUT2D eigenvalue weighted by Gasteiger charge is -2.20. The van der Waals surface area contributed by atoms with Gasteiger partial charge in [0, 0.05) is 12.8 Å². The zero-order chi connectivity index (χ0) is 40.1. The molecule has 0 heterocycles. The van der Waals surface area contributed by atoms with Crippen molar-refractivity contribution in [3.63, 3.8) is 0 Å². The van der Waals surface area contributed by atoms with Crippen molar-refractivity contribution in [2.75, 3.05) is 13.2 Å². The third-order valence-electron chi connectivity index (χ3n) is 10.7. The van der Waals surface area contributed by atoms with Crippen molar-refractivity contribution >= 4 is 11.9 Å². The molecule has 0 fully saturated rings. The molecule has 0 aliphatic heterocycles. The maximum atomic E-state index is 12.3. The fourth-order valence-electron chi connectivity index (χ4n) is 6.97. The molecule has 0 saturated heterocycles. The molecule has 2 atom stereocenters. The highest BCUT2D eigenvalue weighted by molar-refractivity contribution is 5.76. The Bertz CT molecular complexity index is 900. The molecular weight excluding hydrogens is 683 g/mol. The summed E-state index contributed by atoms with van der Waals surface area (Å²) in [7, 11) is 0. The van der Waals surface area contributed by atoms with Crippen LogP contribution in [-0.4, -0.2) is 47.4 Å². The molecule has 55 heavy (non-hydrogen) atoms. The smallest absolute Gasteiger partial charge is 0.305 e. The number of unbranched alkanes of at least 4 members (excludes halogenated alkanes) is 29. The zero-order valence-corrected chi connectivity index (χ0v) is 36.4. The van der Waals surface area contributed by atoms with Crippen molar-refractivity contribution in [3.8, 4) is 0 Å². The highest BCUT2D eigenvalue weighted by atomic mass is 16.5. The van der Waals surface area contributed by atoms with Crippen molar-refractivity contribution in [2.45, 2.75) is 251 Å². The van der Waals surface area contributed by atoms with E-state index in [0.717, 1.165) is 77.0 Å². The van der Waals surface area contributed by atoms with Gasteiger partial charge < -0.3 is 20.3 Å². The molecule has 0 aromatic rings. The highest BCUT2D eigenvalue weighted by Gasteiger charge is 2.18. The van der Waals surface area contributed by atoms with Gasteiger partial charge in [-0.25, -0.2) is 0 Å². The first-order valence-corrected chi connectivity index (χ1v) is 23.8. The van der Waals surface area contributed by atoms with Crippen LogP contribution in [-0.2, 0) is 14.3 Å². The number of aliphatic hydroxyl groups excluding tert-OH is 2. The molecular formula is C49H91NO5. The van der Waals surface area contributed by atoms with Gasteiger partial charge >= 0.3 is 5.97 Å². The van der Waals surface area contributed by atoms with E-state index in [-0.39, 0.29) is 18.5 Å². The van der Waals surface area contributed by atoms with Crippen molar-refractivity contribution in [1.82, 2.24) is 5.32 Å². The maximum absolute atomic E-state index is 12.3. The number of amides is 1. The number of carbonyl (C=O) groups is 2. The third-order valence-corrected chi connectivity index (χ3v) is 10.7. The van der Waals surface area contributed by atoms with E-state index < -0.39 is 12.1 Å². The Morgan fingerprint density at radius 2 is 0.891 bits per heavy atom. The van der Waals surface area contributed by atoms with Crippen LogP contribution < -0.4 is 5.32 Å². The summed E-state index contributed by atoms with van der Waals surface area (Å²) in [5, 5.41) is 22.9. The number of hydrogen-bond acceptors (Lipinski definition) is 5. The van der Waals surface area contributed by atoms with E-state index in [1.807, 2.05) is 6.08 Å². The second-order valence-electron chi connectivity index (χ2n) is 16.1. The lowest BCUT2D eigenvalue weighted by molar-refractivity contribution is -0.143. The molecule has 0 saturated carbocycles. The molecule has 0 aromatic carbocycles. The lowest BCUT2D eigenvalue weighted by Crippen LogP contribution is -2.45. The van der Waals surface area contributed by atoms with Gasteiger partial charge in [-0.15, -0.1) is 0 Å². The van der Waals surface area contributed by atoms with E-state index in [1.165, 1.54) is 135 Å². The van der Waals surface area contributed by atoms with E-state index in [2.05, 4.69) is 43.5 Å². The van der Waals surface area contributed by atoms with Crippen molar-refractivity contribution in [2.24, 2.45) is 0 Å². The predicted molar refractivity (Wildman–Crippen MR) is 236 cm³/mol. The zero-order valence-electron chi connectivity index (χ0n) is 36.4. The molecule has 0 radical (unpaired) electrons. The summed E-state index contributed by atoms with van der Waals surface area (Å²) in [6.45, 7) is 4.81. The van der Waals surface area contributed by atoms with E-state index >= 15 is 0 Å². The Balaban J connectivity index is 3.55. The number of allylic oxidation sites excluding steroid dienone is 5. The fraction of sp³-hybridized carbons (Fsp3) is 0.837. The summed E-state index contributed by atoms with van der Waals surface area (Å²) in [5.41, 5.74) is 0. The molecule has 0 spiro atoms. The number of esters is 1. The van der Waals surface area contributed by atoms with E-state index in [0.29, 0.717) is 19.4 Å². The molecule has 6 heteroatoms. The lowest BCUT2D eigenvalue weighted by atomic mass is 10.0. The predicted octanol–water partition coefficient (Wildman–Crippen LogP) is 13.7. The van der Waals surface area contributed by atoms with Crippen molar-refractivity contribution < 1.29 is 24.5 Å². The summed E-state index contributed by atoms with van der Waals surface area (Å²) in [6, 6.07) is -0.642. The van der Waals surface area contributed by atoms with Gasteiger partial charge in [-0.1, -0.05) is 198 Å². The molecule has 1 amide bonds. The molecule has 0 aromatic heterocycles. The van der Waals surface area contributed by atoms with Gasteiger partial charge in [-0.2, -0.15) is 0 Å². The van der Waals surface area contributed by atoms with Gasteiger partial charge in [0.05, 0.1) is 25.4 Å². The SMILES string of the molecule is CCCCCCCCCC/C=C/C(O)C(CO)NC(=O)CCCCCCCC/C=C\C=C/CCCCCOC(=O)CCCCCCCCCCCCCCC. The average molecular weight is 774 g/mol. The molecule has 322 valence electrons. The van der Waals surface area contributed by atoms with Gasteiger partial charge in [0.25, 0.3) is 0 Å². The Morgan fingerprint density at radius 1 is 0.509 bits per heavy atom. The summed E-state index contributed by atoms with van der Waals surface area (Å²) in [6.07, 6.45) is 52.8. The first-order valence-electron chi connectivity index (χ1n) is 23.8. The van der Waals surface area contributed by atoms with Crippen LogP contribution in [0.25, 0.3) is 0 Å². The molecule has 0 aliphatic carbocycles. The third kappa shape index (κ3) is 41.5. The Kier molecular flexibility index (Phi) is 43.2. The monoisotopic (exact) mass is 774 g/mol. The van der Waals surface area contributed by atoms with Crippen LogP contribution in [0.5, 0.6) is 0 Å². The van der Waals surface area contributed by atoms with E-state index in [1.54, 1.807) is 6.08 Å². The summed E-state index contributed by atoms with van der Waals surface area (Å²) in [5.74, 6) is -0.116. The highest BCUT2D eigenvalue weighted by Crippen LogP contribution is 2.14. The molecule has 2 unspecified atom stereocenters. The van der Waals surface area contributed by atoms with Gasteiger partial charge in [0.1, 0.15) is 0 Å². The van der Waals surface area contributed by atoms with Crippen molar-refractivity contribution in [1.29, 1.82) is 0 Å². The number of nitrogens with one attached hydrogen (secondary N) is 1. The van der Waals surface area contributed by atoms with E-state index in [9.17, 15) is 19.8 Å². The minimum absolute atomic E-state index is 0.0225. The van der Waals surface area contributed by atoms with Crippen LogP contribution in [0.4, 0.5) is 0 Å². The molecule has 6 nitrogen and oxygen atoms in total. The first kappa shape index (κ1) is 53.1. The maximum Gasteiger partial charge on any atom is 0.305 e. The Labute approximate surface area is 341 Å². The molecule has 0 rings (SSSR count). The minimum atomic E-state index is -0.856. The van der Waals surface area contributed by atoms with E-state index in [4.69, 9.17) is 4.74 Å². The normalized spacial score (nSPS) is 13.0. The second-order valence-corrected chi connectivity index (χ2v) is 16.1. The molecule has 0 aliphatic rings. The van der Waals surface area contributed by atoms with Crippen LogP contribution in [0.1, 0.15) is 239 Å². The number of carbonyl (C=O) groups excluding carboxylic acids is 2. The van der Waals surface area contributed by atoms with Crippen LogP contribution in [0.15, 0.2) is 36.5 Å². The van der Waals surface area contributed by atoms with Crippen LogP contribution in [0.2, 0.25) is 0 Å². The second kappa shape index (κ2) is 44.8. The summed E-state index contributed by atoms with van der Waals surface area (Å²) < 4.78 is 5.43. The largest absolute Gasteiger partial charge is 0.466 e. The Morgan fingerprint density at radius 3 is 1.35 bits per heavy atom. The number of ether oxygens (including phenoxy) is 1. The van der Waals surface area contributed by atoms with Crippen molar-refractivity contribution in [3.05, 3.63) is 36.5 Å². The minimum Gasteiger partial charge on any atom is -0.466 e. The first-order chi connectivity index (χ1) is 27.0. The van der Waals surface area contributed by atoms with Crippen LogP contribution in [0, 0.1) is 0 Å². The van der Waals surface area contributed by atoms with Gasteiger partial charge in [-0.3, -0.25) is 9.59 Å². The number of aliphatic hydroxyl groups is 2. The Hall–Kier alpha value is -1.92. The number of rotatable bonds is 43. The average Bonchev–Trinajstić information content (AvgIpc) is 3.18.